The molecule has 1 aliphatic carbocycles. The molecule has 1 aliphatic rings. The Morgan fingerprint density at radius 1 is 1.50 bits per heavy atom. The van der Waals surface area contributed by atoms with Crippen molar-refractivity contribution in [3.8, 4) is 0 Å². The van der Waals surface area contributed by atoms with E-state index in [4.69, 9.17) is 0 Å². The minimum atomic E-state index is -3.17. The van der Waals surface area contributed by atoms with Gasteiger partial charge in [-0.3, -0.25) is 0 Å². The van der Waals surface area contributed by atoms with E-state index in [0.29, 0.717) is 6.54 Å². The maximum Gasteiger partial charge on any atom is 0.277 e. The van der Waals surface area contributed by atoms with Crippen LogP contribution in [-0.2, 0) is 10.2 Å². The van der Waals surface area contributed by atoms with Crippen LogP contribution in [0.3, 0.4) is 0 Å². The van der Waals surface area contributed by atoms with E-state index in [1.54, 1.807) is 6.92 Å². The minimum absolute atomic E-state index is 0.198. The van der Waals surface area contributed by atoms with Crippen LogP contribution < -0.4 is 9.44 Å². The van der Waals surface area contributed by atoms with Gasteiger partial charge in [0.05, 0.1) is 0 Å². The SMILES string of the molecule is CCNS(=O)(=O)NC1CC1. The molecule has 0 radical (unpaired) electrons. The van der Waals surface area contributed by atoms with Crippen LogP contribution in [0, 0.1) is 0 Å². The summed E-state index contributed by atoms with van der Waals surface area (Å²) < 4.78 is 26.6. The standard InChI is InChI=1S/C5H12N2O2S/c1-2-6-10(8,9)7-5-3-4-5/h5-7H,2-4H2,1H3. The molecule has 1 fully saturated rings. The van der Waals surface area contributed by atoms with Crippen molar-refractivity contribution in [2.75, 3.05) is 6.54 Å². The van der Waals surface area contributed by atoms with E-state index in [1.807, 2.05) is 0 Å². The third-order valence-electron chi connectivity index (χ3n) is 1.23. The maximum absolute atomic E-state index is 10.9. The summed E-state index contributed by atoms with van der Waals surface area (Å²) >= 11 is 0. The Hall–Kier alpha value is -0.130. The summed E-state index contributed by atoms with van der Waals surface area (Å²) in [7, 11) is -3.17. The van der Waals surface area contributed by atoms with E-state index < -0.39 is 10.2 Å². The molecular weight excluding hydrogens is 152 g/mol. The summed E-state index contributed by atoms with van der Waals surface area (Å²) in [6.07, 6.45) is 1.95. The summed E-state index contributed by atoms with van der Waals surface area (Å²) in [6.45, 7) is 2.20. The van der Waals surface area contributed by atoms with E-state index in [0.717, 1.165) is 12.8 Å². The van der Waals surface area contributed by atoms with Crippen molar-refractivity contribution in [2.45, 2.75) is 25.8 Å². The molecule has 0 saturated heterocycles. The van der Waals surface area contributed by atoms with Crippen LogP contribution in [0.1, 0.15) is 19.8 Å². The molecule has 0 aromatic carbocycles. The molecule has 1 saturated carbocycles. The van der Waals surface area contributed by atoms with Gasteiger partial charge in [0.2, 0.25) is 0 Å². The molecule has 10 heavy (non-hydrogen) atoms. The lowest BCUT2D eigenvalue weighted by molar-refractivity contribution is 0.568. The van der Waals surface area contributed by atoms with Gasteiger partial charge in [0, 0.05) is 12.6 Å². The second-order valence-corrected chi connectivity index (χ2v) is 3.92. The van der Waals surface area contributed by atoms with E-state index >= 15 is 0 Å². The van der Waals surface area contributed by atoms with Crippen LogP contribution in [0.2, 0.25) is 0 Å². The van der Waals surface area contributed by atoms with Gasteiger partial charge in [-0.2, -0.15) is 13.1 Å². The van der Waals surface area contributed by atoms with Gasteiger partial charge >= 0.3 is 0 Å². The second-order valence-electron chi connectivity index (χ2n) is 2.39. The summed E-state index contributed by atoms with van der Waals surface area (Å²) in [5, 5.41) is 0. The first-order valence-corrected chi connectivity index (χ1v) is 4.89. The van der Waals surface area contributed by atoms with Gasteiger partial charge in [-0.15, -0.1) is 0 Å². The molecule has 0 heterocycles. The van der Waals surface area contributed by atoms with E-state index in [1.165, 1.54) is 0 Å². The summed E-state index contributed by atoms with van der Waals surface area (Å²) in [4.78, 5) is 0. The molecule has 2 N–H and O–H groups in total. The Morgan fingerprint density at radius 2 is 2.10 bits per heavy atom. The quantitative estimate of drug-likeness (QED) is 0.593. The van der Waals surface area contributed by atoms with Gasteiger partial charge in [0.25, 0.3) is 10.2 Å². The molecule has 0 amide bonds. The monoisotopic (exact) mass is 164 g/mol. The van der Waals surface area contributed by atoms with Crippen molar-refractivity contribution in [1.82, 2.24) is 9.44 Å². The Balaban J connectivity index is 2.34. The highest BCUT2D eigenvalue weighted by atomic mass is 32.2. The lowest BCUT2D eigenvalue weighted by atomic mass is 10.8. The molecule has 5 heteroatoms. The second kappa shape index (κ2) is 2.86. The zero-order chi connectivity index (χ0) is 7.61. The van der Waals surface area contributed by atoms with Gasteiger partial charge in [-0.25, -0.2) is 4.72 Å². The fourth-order valence-corrected chi connectivity index (χ4v) is 1.79. The molecule has 4 nitrogen and oxygen atoms in total. The number of nitrogens with one attached hydrogen (secondary N) is 2. The molecule has 0 aromatic heterocycles. The Labute approximate surface area is 61.2 Å². The molecule has 0 spiro atoms. The zero-order valence-corrected chi connectivity index (χ0v) is 6.74. The Bertz CT molecular complexity index is 196. The normalized spacial score (nSPS) is 19.3. The van der Waals surface area contributed by atoms with Gasteiger partial charge in [-0.05, 0) is 12.8 Å². The van der Waals surface area contributed by atoms with Crippen LogP contribution in [0.15, 0.2) is 0 Å². The van der Waals surface area contributed by atoms with Crippen molar-refractivity contribution in [1.29, 1.82) is 0 Å². The van der Waals surface area contributed by atoms with E-state index in [2.05, 4.69) is 9.44 Å². The lowest BCUT2D eigenvalue weighted by Gasteiger charge is -2.03. The van der Waals surface area contributed by atoms with Gasteiger partial charge < -0.3 is 0 Å². The van der Waals surface area contributed by atoms with Crippen molar-refractivity contribution >= 4 is 10.2 Å². The van der Waals surface area contributed by atoms with Gasteiger partial charge in [0.15, 0.2) is 0 Å². The van der Waals surface area contributed by atoms with Crippen LogP contribution in [0.5, 0.6) is 0 Å². The van der Waals surface area contributed by atoms with Crippen LogP contribution >= 0.6 is 0 Å². The fraction of sp³-hybridized carbons (Fsp3) is 1.00. The maximum atomic E-state index is 10.9. The van der Waals surface area contributed by atoms with Crippen LogP contribution in [0.4, 0.5) is 0 Å². The molecule has 0 aliphatic heterocycles. The van der Waals surface area contributed by atoms with Gasteiger partial charge in [-0.1, -0.05) is 6.92 Å². The van der Waals surface area contributed by atoms with Gasteiger partial charge in [0.1, 0.15) is 0 Å². The minimum Gasteiger partial charge on any atom is -0.203 e. The molecule has 60 valence electrons. The summed E-state index contributed by atoms with van der Waals surface area (Å²) in [5.41, 5.74) is 0. The summed E-state index contributed by atoms with van der Waals surface area (Å²) in [6, 6.07) is 0.198. The third-order valence-corrected chi connectivity index (χ3v) is 2.55. The highest BCUT2D eigenvalue weighted by molar-refractivity contribution is 7.87. The highest BCUT2D eigenvalue weighted by Crippen LogP contribution is 2.19. The average Bonchev–Trinajstić information content (AvgIpc) is 2.48. The topological polar surface area (TPSA) is 58.2 Å². The molecule has 0 unspecified atom stereocenters. The molecular formula is C5H12N2O2S. The Kier molecular flexibility index (Phi) is 2.28. The predicted octanol–water partition coefficient (Wildman–Crippen LogP) is -0.407. The smallest absolute Gasteiger partial charge is 0.203 e. The summed E-state index contributed by atoms with van der Waals surface area (Å²) in [5.74, 6) is 0. The third kappa shape index (κ3) is 2.64. The predicted molar refractivity (Wildman–Crippen MR) is 38.8 cm³/mol. The van der Waals surface area contributed by atoms with E-state index in [-0.39, 0.29) is 6.04 Å². The molecule has 1 rings (SSSR count). The average molecular weight is 164 g/mol. The highest BCUT2D eigenvalue weighted by Gasteiger charge is 2.25. The Morgan fingerprint density at radius 3 is 2.50 bits per heavy atom. The molecule has 0 aromatic rings. The van der Waals surface area contributed by atoms with Crippen molar-refractivity contribution in [3.63, 3.8) is 0 Å². The molecule has 0 atom stereocenters. The van der Waals surface area contributed by atoms with Crippen molar-refractivity contribution < 1.29 is 8.42 Å². The van der Waals surface area contributed by atoms with E-state index in [9.17, 15) is 8.42 Å². The first-order valence-electron chi connectivity index (χ1n) is 3.41. The first kappa shape index (κ1) is 7.97. The zero-order valence-electron chi connectivity index (χ0n) is 5.92. The number of rotatable bonds is 4. The molecule has 0 bridgehead atoms. The van der Waals surface area contributed by atoms with Crippen molar-refractivity contribution in [3.05, 3.63) is 0 Å². The first-order chi connectivity index (χ1) is 4.64. The lowest BCUT2D eigenvalue weighted by Crippen LogP contribution is -2.37. The number of hydrogen-bond acceptors (Lipinski definition) is 2. The van der Waals surface area contributed by atoms with Crippen molar-refractivity contribution in [2.24, 2.45) is 0 Å². The van der Waals surface area contributed by atoms with Crippen LogP contribution in [-0.4, -0.2) is 21.0 Å². The largest absolute Gasteiger partial charge is 0.277 e. The fourth-order valence-electron chi connectivity index (χ4n) is 0.652. The number of hydrogen-bond donors (Lipinski definition) is 2. The van der Waals surface area contributed by atoms with Crippen LogP contribution in [0.25, 0.3) is 0 Å².